The zero-order valence-corrected chi connectivity index (χ0v) is 33.3. The van der Waals surface area contributed by atoms with Gasteiger partial charge in [-0.3, -0.25) is 14.4 Å². The van der Waals surface area contributed by atoms with Crippen LogP contribution in [0.25, 0.3) is 0 Å². The monoisotopic (exact) mass is 695 g/mol. The Labute approximate surface area is 304 Å². The van der Waals surface area contributed by atoms with E-state index in [1.807, 2.05) is 0 Å². The average Bonchev–Trinajstić information content (AvgIpc) is 3.08. The van der Waals surface area contributed by atoms with Gasteiger partial charge in [-0.2, -0.15) is 0 Å². The predicted molar refractivity (Wildman–Crippen MR) is 206 cm³/mol. The molecule has 0 aromatic rings. The Morgan fingerprint density at radius 2 is 0.776 bits per heavy atom. The largest absolute Gasteiger partial charge is 0.462 e. The van der Waals surface area contributed by atoms with E-state index in [1.54, 1.807) is 0 Å². The number of hydrogen-bond donors (Lipinski definition) is 0. The fraction of sp³-hybridized carbons (Fsp3) is 0.930. The van der Waals surface area contributed by atoms with Crippen LogP contribution >= 0.6 is 0 Å². The van der Waals surface area contributed by atoms with Crippen molar-refractivity contribution in [2.24, 2.45) is 11.8 Å². The first-order valence-electron chi connectivity index (χ1n) is 21.3. The number of carbonyl (C=O) groups excluding carboxylic acids is 3. The quantitative estimate of drug-likeness (QED) is 0.0366. The van der Waals surface area contributed by atoms with Gasteiger partial charge in [-0.15, -0.1) is 0 Å². The van der Waals surface area contributed by atoms with Crippen LogP contribution in [0, 0.1) is 11.8 Å². The molecular formula is C43H82O6. The summed E-state index contributed by atoms with van der Waals surface area (Å²) >= 11 is 0. The van der Waals surface area contributed by atoms with Gasteiger partial charge in [0.05, 0.1) is 0 Å². The van der Waals surface area contributed by atoms with Crippen LogP contribution in [0.1, 0.15) is 227 Å². The first kappa shape index (κ1) is 47.4. The number of carbonyl (C=O) groups is 3. The van der Waals surface area contributed by atoms with Crippen molar-refractivity contribution in [1.29, 1.82) is 0 Å². The molecule has 0 amide bonds. The van der Waals surface area contributed by atoms with Gasteiger partial charge >= 0.3 is 17.9 Å². The van der Waals surface area contributed by atoms with Crippen molar-refractivity contribution in [3.05, 3.63) is 0 Å². The second kappa shape index (κ2) is 36.2. The van der Waals surface area contributed by atoms with E-state index in [4.69, 9.17) is 14.2 Å². The maximum atomic E-state index is 12.6. The van der Waals surface area contributed by atoms with Crippen molar-refractivity contribution >= 4 is 17.9 Å². The van der Waals surface area contributed by atoms with E-state index < -0.39 is 6.10 Å². The van der Waals surface area contributed by atoms with E-state index in [9.17, 15) is 14.4 Å². The van der Waals surface area contributed by atoms with Gasteiger partial charge in [0.2, 0.25) is 0 Å². The maximum absolute atomic E-state index is 12.6. The predicted octanol–water partition coefficient (Wildman–Crippen LogP) is 13.0. The van der Waals surface area contributed by atoms with Gasteiger partial charge in [0.25, 0.3) is 0 Å². The number of hydrogen-bond acceptors (Lipinski definition) is 6. The highest BCUT2D eigenvalue weighted by Gasteiger charge is 2.19. The Morgan fingerprint density at radius 1 is 0.429 bits per heavy atom. The first-order chi connectivity index (χ1) is 23.8. The Balaban J connectivity index is 4.23. The molecule has 290 valence electrons. The average molecular weight is 695 g/mol. The zero-order valence-electron chi connectivity index (χ0n) is 33.3. The van der Waals surface area contributed by atoms with E-state index in [0.29, 0.717) is 19.3 Å². The molecule has 6 heteroatoms. The van der Waals surface area contributed by atoms with E-state index >= 15 is 0 Å². The van der Waals surface area contributed by atoms with Gasteiger partial charge in [-0.05, 0) is 31.1 Å². The highest BCUT2D eigenvalue weighted by atomic mass is 16.6. The maximum Gasteiger partial charge on any atom is 0.306 e. The molecule has 0 aromatic carbocycles. The van der Waals surface area contributed by atoms with Crippen LogP contribution in [0.3, 0.4) is 0 Å². The number of unbranched alkanes of at least 4 members (excludes halogenated alkanes) is 21. The summed E-state index contributed by atoms with van der Waals surface area (Å²) in [6.07, 6.45) is 32.5. The number of esters is 3. The van der Waals surface area contributed by atoms with Crippen LogP contribution in [0.2, 0.25) is 0 Å². The minimum Gasteiger partial charge on any atom is -0.462 e. The topological polar surface area (TPSA) is 78.9 Å². The molecule has 0 aromatic heterocycles. The van der Waals surface area contributed by atoms with E-state index in [1.165, 1.54) is 109 Å². The van der Waals surface area contributed by atoms with E-state index in [-0.39, 0.29) is 31.1 Å². The van der Waals surface area contributed by atoms with Crippen molar-refractivity contribution in [2.75, 3.05) is 13.2 Å². The molecule has 1 unspecified atom stereocenters. The zero-order chi connectivity index (χ0) is 36.2. The Hall–Kier alpha value is -1.59. The van der Waals surface area contributed by atoms with Crippen LogP contribution < -0.4 is 0 Å². The molecule has 0 aliphatic rings. The summed E-state index contributed by atoms with van der Waals surface area (Å²) in [5, 5.41) is 0. The van der Waals surface area contributed by atoms with Crippen molar-refractivity contribution < 1.29 is 28.6 Å². The lowest BCUT2D eigenvalue weighted by Crippen LogP contribution is -2.30. The van der Waals surface area contributed by atoms with Crippen molar-refractivity contribution in [2.45, 2.75) is 233 Å². The lowest BCUT2D eigenvalue weighted by atomic mass is 9.99. The molecule has 0 N–H and O–H groups in total. The molecule has 0 aliphatic carbocycles. The SMILES string of the molecule is CCCCCCCC(=O)OC[C@H](COC(=O)CCCCCCCCCCCCCC(C)C)OC(=O)CCCCCCCCCCC(C)CC. The minimum atomic E-state index is -0.758. The lowest BCUT2D eigenvalue weighted by molar-refractivity contribution is -0.167. The third kappa shape index (κ3) is 36.0. The molecule has 2 atom stereocenters. The van der Waals surface area contributed by atoms with Gasteiger partial charge in [-0.25, -0.2) is 0 Å². The Morgan fingerprint density at radius 3 is 1.16 bits per heavy atom. The summed E-state index contributed by atoms with van der Waals surface area (Å²) in [5.41, 5.74) is 0. The third-order valence-corrected chi connectivity index (χ3v) is 9.83. The molecule has 49 heavy (non-hydrogen) atoms. The van der Waals surface area contributed by atoms with E-state index in [2.05, 4.69) is 34.6 Å². The molecule has 0 spiro atoms. The minimum absolute atomic E-state index is 0.0666. The van der Waals surface area contributed by atoms with Crippen LogP contribution in [-0.4, -0.2) is 37.2 Å². The second-order valence-electron chi connectivity index (χ2n) is 15.3. The molecule has 6 nitrogen and oxygen atoms in total. The normalized spacial score (nSPS) is 12.6. The standard InChI is InChI=1S/C43H82O6/c1-6-8-9-21-28-33-41(44)47-36-40(49-43(46)35-30-25-20-16-15-18-23-27-32-39(5)7-2)37-48-42(45)34-29-24-19-14-12-10-11-13-17-22-26-31-38(3)4/h38-40H,6-37H2,1-5H3/t39?,40-/m1/s1. The summed E-state index contributed by atoms with van der Waals surface area (Å²) in [6.45, 7) is 11.2. The summed E-state index contributed by atoms with van der Waals surface area (Å²) in [4.78, 5) is 37.4. The fourth-order valence-corrected chi connectivity index (χ4v) is 6.19. The molecule has 0 bridgehead atoms. The Bertz CT molecular complexity index is 751. The highest BCUT2D eigenvalue weighted by Crippen LogP contribution is 2.17. The van der Waals surface area contributed by atoms with Gasteiger partial charge in [0.1, 0.15) is 13.2 Å². The molecular weight excluding hydrogens is 612 g/mol. The molecule has 0 heterocycles. The fourth-order valence-electron chi connectivity index (χ4n) is 6.19. The summed E-state index contributed by atoms with van der Waals surface area (Å²) < 4.78 is 16.6. The van der Waals surface area contributed by atoms with Gasteiger partial charge in [0, 0.05) is 19.3 Å². The van der Waals surface area contributed by atoms with Crippen LogP contribution in [-0.2, 0) is 28.6 Å². The smallest absolute Gasteiger partial charge is 0.306 e. The molecule has 0 rings (SSSR count). The van der Waals surface area contributed by atoms with Crippen molar-refractivity contribution in [3.8, 4) is 0 Å². The lowest BCUT2D eigenvalue weighted by Gasteiger charge is -2.18. The van der Waals surface area contributed by atoms with Crippen molar-refractivity contribution in [1.82, 2.24) is 0 Å². The molecule has 0 fully saturated rings. The van der Waals surface area contributed by atoms with Gasteiger partial charge in [0.15, 0.2) is 6.10 Å². The molecule has 0 saturated heterocycles. The highest BCUT2D eigenvalue weighted by molar-refractivity contribution is 5.71. The molecule has 0 aliphatic heterocycles. The van der Waals surface area contributed by atoms with Crippen LogP contribution in [0.4, 0.5) is 0 Å². The Kier molecular flexibility index (Phi) is 35.0. The number of ether oxygens (including phenoxy) is 3. The van der Waals surface area contributed by atoms with Gasteiger partial charge in [-0.1, -0.05) is 189 Å². The second-order valence-corrected chi connectivity index (χ2v) is 15.3. The first-order valence-corrected chi connectivity index (χ1v) is 21.3. The summed E-state index contributed by atoms with van der Waals surface area (Å²) in [7, 11) is 0. The number of rotatable bonds is 37. The summed E-state index contributed by atoms with van der Waals surface area (Å²) in [5.74, 6) is 0.795. The molecule has 0 radical (unpaired) electrons. The molecule has 0 saturated carbocycles. The summed E-state index contributed by atoms with van der Waals surface area (Å²) in [6, 6.07) is 0. The van der Waals surface area contributed by atoms with Crippen molar-refractivity contribution in [3.63, 3.8) is 0 Å². The van der Waals surface area contributed by atoms with E-state index in [0.717, 1.165) is 76.0 Å². The third-order valence-electron chi connectivity index (χ3n) is 9.83. The van der Waals surface area contributed by atoms with Crippen LogP contribution in [0.15, 0.2) is 0 Å². The van der Waals surface area contributed by atoms with Crippen LogP contribution in [0.5, 0.6) is 0 Å². The van der Waals surface area contributed by atoms with Gasteiger partial charge < -0.3 is 14.2 Å².